The Bertz CT molecular complexity index is 548. The molecule has 0 saturated carbocycles. The van der Waals surface area contributed by atoms with Crippen molar-refractivity contribution in [2.45, 2.75) is 25.3 Å². The topological polar surface area (TPSA) is 50.9 Å². The zero-order valence-electron chi connectivity index (χ0n) is 11.0. The Morgan fingerprint density at radius 1 is 1.30 bits per heavy atom. The molecule has 3 N–H and O–H groups in total. The van der Waals surface area contributed by atoms with Crippen LogP contribution in [0.1, 0.15) is 17.7 Å². The van der Waals surface area contributed by atoms with Crippen LogP contribution >= 0.6 is 11.6 Å². The molecule has 1 aromatic carbocycles. The molecule has 0 aliphatic heterocycles. The van der Waals surface area contributed by atoms with E-state index in [-0.39, 0.29) is 11.9 Å². The summed E-state index contributed by atoms with van der Waals surface area (Å²) in [6.07, 6.45) is 3.96. The maximum atomic E-state index is 13.2. The third kappa shape index (κ3) is 4.27. The molecule has 5 heteroatoms. The van der Waals surface area contributed by atoms with Gasteiger partial charge in [0, 0.05) is 23.0 Å². The fourth-order valence-electron chi connectivity index (χ4n) is 2.08. The molecular formula is C15H17ClFN3. The molecule has 2 aromatic rings. The zero-order chi connectivity index (χ0) is 14.4. The molecule has 0 aliphatic carbocycles. The van der Waals surface area contributed by atoms with E-state index < -0.39 is 0 Å². The summed E-state index contributed by atoms with van der Waals surface area (Å²) in [7, 11) is 0. The molecule has 0 bridgehead atoms. The Morgan fingerprint density at radius 2 is 2.15 bits per heavy atom. The van der Waals surface area contributed by atoms with E-state index in [1.54, 1.807) is 12.3 Å². The molecule has 1 aromatic heterocycles. The van der Waals surface area contributed by atoms with Gasteiger partial charge in [0.2, 0.25) is 0 Å². The predicted molar refractivity (Wildman–Crippen MR) is 78.8 cm³/mol. The number of benzene rings is 1. The van der Waals surface area contributed by atoms with Gasteiger partial charge in [0.25, 0.3) is 0 Å². The minimum Gasteiger partial charge on any atom is -0.271 e. The van der Waals surface area contributed by atoms with Gasteiger partial charge in [-0.2, -0.15) is 0 Å². The molecule has 0 saturated heterocycles. The Morgan fingerprint density at radius 3 is 2.85 bits per heavy atom. The van der Waals surface area contributed by atoms with Gasteiger partial charge < -0.3 is 0 Å². The van der Waals surface area contributed by atoms with Gasteiger partial charge in [-0.3, -0.25) is 16.3 Å². The standard InChI is InChI=1S/C15H17ClFN3/c16-15-7-4-12(17)9-11(15)10-14(20-18)6-5-13-3-1-2-8-19-13/h1-4,7-9,14,20H,5-6,10,18H2. The van der Waals surface area contributed by atoms with Gasteiger partial charge in [-0.05, 0) is 55.2 Å². The summed E-state index contributed by atoms with van der Waals surface area (Å²) in [5, 5.41) is 0.560. The Balaban J connectivity index is 1.97. The van der Waals surface area contributed by atoms with Crippen molar-refractivity contribution in [3.05, 3.63) is 64.7 Å². The van der Waals surface area contributed by atoms with E-state index in [2.05, 4.69) is 10.4 Å². The number of hydrogen-bond donors (Lipinski definition) is 2. The molecule has 0 spiro atoms. The molecule has 2 rings (SSSR count). The van der Waals surface area contributed by atoms with Crippen LogP contribution in [0.15, 0.2) is 42.6 Å². The number of hydrogen-bond acceptors (Lipinski definition) is 3. The largest absolute Gasteiger partial charge is 0.271 e. The third-order valence-electron chi connectivity index (χ3n) is 3.18. The fraction of sp³-hybridized carbons (Fsp3) is 0.267. The summed E-state index contributed by atoms with van der Waals surface area (Å²) in [4.78, 5) is 4.27. The second kappa shape index (κ2) is 7.33. The van der Waals surface area contributed by atoms with Crippen LogP contribution in [0.3, 0.4) is 0 Å². The van der Waals surface area contributed by atoms with Crippen molar-refractivity contribution in [1.29, 1.82) is 0 Å². The number of nitrogens with zero attached hydrogens (tertiary/aromatic N) is 1. The monoisotopic (exact) mass is 293 g/mol. The van der Waals surface area contributed by atoms with Gasteiger partial charge in [0.05, 0.1) is 0 Å². The van der Waals surface area contributed by atoms with Crippen molar-refractivity contribution in [3.63, 3.8) is 0 Å². The predicted octanol–water partition coefficient (Wildman–Crippen LogP) is 2.88. The molecule has 0 aliphatic rings. The number of aromatic nitrogens is 1. The second-order valence-corrected chi connectivity index (χ2v) is 5.07. The van der Waals surface area contributed by atoms with Crippen LogP contribution in [0.25, 0.3) is 0 Å². The number of rotatable bonds is 6. The molecule has 0 amide bonds. The lowest BCUT2D eigenvalue weighted by atomic mass is 10.0. The van der Waals surface area contributed by atoms with E-state index in [0.717, 1.165) is 24.1 Å². The Kier molecular flexibility index (Phi) is 5.47. The zero-order valence-corrected chi connectivity index (χ0v) is 11.8. The van der Waals surface area contributed by atoms with Crippen molar-refractivity contribution in [2.75, 3.05) is 0 Å². The summed E-state index contributed by atoms with van der Waals surface area (Å²) >= 11 is 6.07. The van der Waals surface area contributed by atoms with E-state index >= 15 is 0 Å². The van der Waals surface area contributed by atoms with Crippen LogP contribution < -0.4 is 11.3 Å². The van der Waals surface area contributed by atoms with E-state index in [4.69, 9.17) is 17.4 Å². The molecule has 3 nitrogen and oxygen atoms in total. The highest BCUT2D eigenvalue weighted by Crippen LogP contribution is 2.19. The second-order valence-electron chi connectivity index (χ2n) is 4.66. The number of nitrogens with two attached hydrogens (primary N) is 1. The minimum absolute atomic E-state index is 0.0244. The van der Waals surface area contributed by atoms with Gasteiger partial charge >= 0.3 is 0 Å². The van der Waals surface area contributed by atoms with E-state index in [9.17, 15) is 4.39 Å². The van der Waals surface area contributed by atoms with Gasteiger partial charge in [0.15, 0.2) is 0 Å². The number of hydrazine groups is 1. The lowest BCUT2D eigenvalue weighted by Crippen LogP contribution is -2.37. The molecular weight excluding hydrogens is 277 g/mol. The molecule has 106 valence electrons. The van der Waals surface area contributed by atoms with E-state index in [1.165, 1.54) is 12.1 Å². The van der Waals surface area contributed by atoms with Crippen LogP contribution in [0.4, 0.5) is 4.39 Å². The first kappa shape index (κ1) is 14.9. The maximum Gasteiger partial charge on any atom is 0.123 e. The lowest BCUT2D eigenvalue weighted by Gasteiger charge is -2.16. The van der Waals surface area contributed by atoms with Gasteiger partial charge in [0.1, 0.15) is 5.82 Å². The van der Waals surface area contributed by atoms with Crippen molar-refractivity contribution in [1.82, 2.24) is 10.4 Å². The van der Waals surface area contributed by atoms with Crippen molar-refractivity contribution >= 4 is 11.6 Å². The highest BCUT2D eigenvalue weighted by Gasteiger charge is 2.11. The van der Waals surface area contributed by atoms with Crippen LogP contribution in [0, 0.1) is 5.82 Å². The van der Waals surface area contributed by atoms with Gasteiger partial charge in [-0.25, -0.2) is 4.39 Å². The molecule has 0 fully saturated rings. The molecule has 1 unspecified atom stereocenters. The summed E-state index contributed by atoms with van der Waals surface area (Å²) in [6.45, 7) is 0. The van der Waals surface area contributed by atoms with Crippen LogP contribution in [0.2, 0.25) is 5.02 Å². The first-order valence-electron chi connectivity index (χ1n) is 6.49. The van der Waals surface area contributed by atoms with Gasteiger partial charge in [-0.15, -0.1) is 0 Å². The maximum absolute atomic E-state index is 13.2. The normalized spacial score (nSPS) is 12.3. The molecule has 0 radical (unpaired) electrons. The first-order chi connectivity index (χ1) is 9.69. The van der Waals surface area contributed by atoms with Gasteiger partial charge in [-0.1, -0.05) is 17.7 Å². The molecule has 1 heterocycles. The smallest absolute Gasteiger partial charge is 0.123 e. The summed E-state index contributed by atoms with van der Waals surface area (Å²) in [6, 6.07) is 10.2. The summed E-state index contributed by atoms with van der Waals surface area (Å²) in [5.74, 6) is 5.28. The van der Waals surface area contributed by atoms with Crippen molar-refractivity contribution in [2.24, 2.45) is 5.84 Å². The quantitative estimate of drug-likeness (QED) is 0.636. The van der Waals surface area contributed by atoms with E-state index in [1.807, 2.05) is 18.2 Å². The average molecular weight is 294 g/mol. The van der Waals surface area contributed by atoms with Crippen LogP contribution in [-0.2, 0) is 12.8 Å². The highest BCUT2D eigenvalue weighted by molar-refractivity contribution is 6.31. The Hall–Kier alpha value is -1.49. The Labute approximate surface area is 122 Å². The van der Waals surface area contributed by atoms with E-state index in [0.29, 0.717) is 11.4 Å². The van der Waals surface area contributed by atoms with Crippen molar-refractivity contribution < 1.29 is 4.39 Å². The highest BCUT2D eigenvalue weighted by atomic mass is 35.5. The van der Waals surface area contributed by atoms with Crippen LogP contribution in [-0.4, -0.2) is 11.0 Å². The van der Waals surface area contributed by atoms with Crippen molar-refractivity contribution in [3.8, 4) is 0 Å². The summed E-state index contributed by atoms with van der Waals surface area (Å²) in [5.41, 5.74) is 4.53. The molecule has 20 heavy (non-hydrogen) atoms. The SMILES string of the molecule is NNC(CCc1ccccn1)Cc1cc(F)ccc1Cl. The summed E-state index contributed by atoms with van der Waals surface area (Å²) < 4.78 is 13.2. The number of pyridine rings is 1. The molecule has 1 atom stereocenters. The average Bonchev–Trinajstić information content (AvgIpc) is 2.48. The lowest BCUT2D eigenvalue weighted by molar-refractivity contribution is 0.488. The number of aryl methyl sites for hydroxylation is 1. The number of halogens is 2. The first-order valence-corrected chi connectivity index (χ1v) is 6.87. The minimum atomic E-state index is -0.287. The van der Waals surface area contributed by atoms with Crippen LogP contribution in [0.5, 0.6) is 0 Å². The number of nitrogens with one attached hydrogen (secondary N) is 1. The third-order valence-corrected chi connectivity index (χ3v) is 3.55. The fourth-order valence-corrected chi connectivity index (χ4v) is 2.27.